The molecular formula is C29H30N4O4. The molecule has 0 unspecified atom stereocenters. The average molecular weight is 499 g/mol. The Labute approximate surface area is 215 Å². The molecule has 0 aliphatic heterocycles. The van der Waals surface area contributed by atoms with E-state index in [1.165, 1.54) is 0 Å². The van der Waals surface area contributed by atoms with Crippen LogP contribution in [0.2, 0.25) is 0 Å². The summed E-state index contributed by atoms with van der Waals surface area (Å²) in [6, 6.07) is 20.9. The van der Waals surface area contributed by atoms with E-state index in [4.69, 9.17) is 14.1 Å². The second-order valence-electron chi connectivity index (χ2n) is 9.19. The van der Waals surface area contributed by atoms with Crippen LogP contribution >= 0.6 is 0 Å². The quantitative estimate of drug-likeness (QED) is 0.338. The van der Waals surface area contributed by atoms with Gasteiger partial charge < -0.3 is 14.1 Å². The van der Waals surface area contributed by atoms with Crippen molar-refractivity contribution in [2.45, 2.75) is 32.2 Å². The molecule has 0 bridgehead atoms. The van der Waals surface area contributed by atoms with E-state index in [1.807, 2.05) is 71.4 Å². The molecule has 0 radical (unpaired) electrons. The van der Waals surface area contributed by atoms with Crippen LogP contribution in [-0.2, 0) is 16.1 Å². The molecule has 8 heteroatoms. The maximum absolute atomic E-state index is 13.3. The Kier molecular flexibility index (Phi) is 7.35. The maximum atomic E-state index is 13.3. The fourth-order valence-electron chi connectivity index (χ4n) is 4.73. The summed E-state index contributed by atoms with van der Waals surface area (Å²) in [6.45, 7) is 0.162. The van der Waals surface area contributed by atoms with Crippen molar-refractivity contribution in [3.8, 4) is 22.7 Å². The number of rotatable bonds is 9. The number of nitrogens with zero attached hydrogens (tertiary/aromatic N) is 3. The lowest BCUT2D eigenvalue weighted by atomic mass is 10.1. The van der Waals surface area contributed by atoms with E-state index in [1.54, 1.807) is 24.3 Å². The summed E-state index contributed by atoms with van der Waals surface area (Å²) in [5, 5.41) is 2.94. The number of furan rings is 1. The Hall–Kier alpha value is -4.33. The maximum Gasteiger partial charge on any atom is 0.246 e. The van der Waals surface area contributed by atoms with E-state index in [9.17, 15) is 9.59 Å². The van der Waals surface area contributed by atoms with Gasteiger partial charge in [-0.05, 0) is 61.4 Å². The number of benzene rings is 2. The van der Waals surface area contributed by atoms with Crippen molar-refractivity contribution in [1.82, 2.24) is 14.5 Å². The zero-order chi connectivity index (χ0) is 25.6. The first kappa shape index (κ1) is 24.4. The van der Waals surface area contributed by atoms with E-state index < -0.39 is 0 Å². The van der Waals surface area contributed by atoms with Gasteiger partial charge >= 0.3 is 0 Å². The second-order valence-corrected chi connectivity index (χ2v) is 9.19. The lowest BCUT2D eigenvalue weighted by Gasteiger charge is -2.24. The third-order valence-electron chi connectivity index (χ3n) is 6.65. The lowest BCUT2D eigenvalue weighted by Crippen LogP contribution is -2.40. The van der Waals surface area contributed by atoms with Crippen molar-refractivity contribution in [3.05, 3.63) is 85.0 Å². The van der Waals surface area contributed by atoms with Crippen LogP contribution in [0.1, 0.15) is 31.4 Å². The van der Waals surface area contributed by atoms with Crippen molar-refractivity contribution in [2.75, 3.05) is 19.0 Å². The number of hydrogen-bond acceptors (Lipinski definition) is 5. The molecule has 1 N–H and O–H groups in total. The van der Waals surface area contributed by atoms with E-state index in [-0.39, 0.29) is 30.8 Å². The fraction of sp³-hybridized carbons (Fsp3) is 0.276. The number of nitrogens with one attached hydrogen (secondary N) is 1. The van der Waals surface area contributed by atoms with Gasteiger partial charge in [0.2, 0.25) is 17.8 Å². The molecule has 2 aromatic heterocycles. The highest BCUT2D eigenvalue weighted by atomic mass is 16.5. The first-order chi connectivity index (χ1) is 18.1. The molecule has 1 aliphatic rings. The number of amides is 2. The van der Waals surface area contributed by atoms with Crippen molar-refractivity contribution >= 4 is 17.8 Å². The monoisotopic (exact) mass is 498 g/mol. The Morgan fingerprint density at radius 2 is 1.81 bits per heavy atom. The van der Waals surface area contributed by atoms with E-state index >= 15 is 0 Å². The largest absolute Gasteiger partial charge is 0.497 e. The molecule has 0 atom stereocenters. The predicted octanol–water partition coefficient (Wildman–Crippen LogP) is 5.30. The standard InChI is InChI=1S/C29H30N4O4/c1-36-24-15-13-21(14-16-24)26-19-33(23-10-3-2-4-11-23)29(30-26)31-27(34)20-32(18-25-12-7-17-37-25)28(35)22-8-5-6-9-22/h2-4,7,10-17,19,22H,5-6,8-9,18,20H2,1H3,(H,30,31,34). The summed E-state index contributed by atoms with van der Waals surface area (Å²) >= 11 is 0. The van der Waals surface area contributed by atoms with Crippen LogP contribution in [0.5, 0.6) is 5.75 Å². The topological polar surface area (TPSA) is 89.6 Å². The van der Waals surface area contributed by atoms with Crippen LogP contribution in [0.15, 0.2) is 83.6 Å². The molecule has 1 fully saturated rings. The van der Waals surface area contributed by atoms with Gasteiger partial charge in [-0.15, -0.1) is 0 Å². The highest BCUT2D eigenvalue weighted by Crippen LogP contribution is 2.28. The van der Waals surface area contributed by atoms with Gasteiger partial charge in [-0.3, -0.25) is 19.5 Å². The molecule has 190 valence electrons. The molecule has 1 aliphatic carbocycles. The summed E-state index contributed by atoms with van der Waals surface area (Å²) in [5.74, 6) is 1.41. The molecule has 37 heavy (non-hydrogen) atoms. The van der Waals surface area contributed by atoms with Gasteiger partial charge in [0, 0.05) is 23.4 Å². The van der Waals surface area contributed by atoms with Gasteiger partial charge in [-0.25, -0.2) is 4.98 Å². The van der Waals surface area contributed by atoms with Crippen molar-refractivity contribution in [1.29, 1.82) is 0 Å². The number of imidazole rings is 1. The van der Waals surface area contributed by atoms with E-state index in [0.29, 0.717) is 17.4 Å². The summed E-state index contributed by atoms with van der Waals surface area (Å²) < 4.78 is 12.6. The summed E-state index contributed by atoms with van der Waals surface area (Å²) in [4.78, 5) is 32.9. The smallest absolute Gasteiger partial charge is 0.246 e. The Balaban J connectivity index is 1.39. The number of carbonyl (C=O) groups is 2. The minimum Gasteiger partial charge on any atom is -0.497 e. The summed E-state index contributed by atoms with van der Waals surface area (Å²) in [5.41, 5.74) is 2.46. The Morgan fingerprint density at radius 1 is 1.05 bits per heavy atom. The molecule has 0 saturated heterocycles. The minimum absolute atomic E-state index is 0.00521. The van der Waals surface area contributed by atoms with Gasteiger partial charge in [0.25, 0.3) is 0 Å². The van der Waals surface area contributed by atoms with Gasteiger partial charge in [0.05, 0.1) is 25.6 Å². The van der Waals surface area contributed by atoms with Crippen LogP contribution in [0, 0.1) is 5.92 Å². The van der Waals surface area contributed by atoms with Crippen molar-refractivity contribution < 1.29 is 18.7 Å². The van der Waals surface area contributed by atoms with Gasteiger partial charge in [0.15, 0.2) is 0 Å². The molecule has 2 aromatic carbocycles. The van der Waals surface area contributed by atoms with Crippen molar-refractivity contribution in [3.63, 3.8) is 0 Å². The SMILES string of the molecule is COc1ccc(-c2cn(-c3ccccc3)c(NC(=O)CN(Cc3ccco3)C(=O)C3CCCC3)n2)cc1. The highest BCUT2D eigenvalue weighted by Gasteiger charge is 2.29. The average Bonchev–Trinajstić information content (AvgIpc) is 3.71. The molecular weight excluding hydrogens is 468 g/mol. The van der Waals surface area contributed by atoms with Gasteiger partial charge in [-0.2, -0.15) is 0 Å². The van der Waals surface area contributed by atoms with Crippen LogP contribution in [0.3, 0.4) is 0 Å². The first-order valence-electron chi connectivity index (χ1n) is 12.5. The summed E-state index contributed by atoms with van der Waals surface area (Å²) in [6.07, 6.45) is 7.26. The third kappa shape index (κ3) is 5.74. The fourth-order valence-corrected chi connectivity index (χ4v) is 4.73. The van der Waals surface area contributed by atoms with E-state index in [0.717, 1.165) is 42.7 Å². The molecule has 2 amide bonds. The van der Waals surface area contributed by atoms with Gasteiger partial charge in [0.1, 0.15) is 18.1 Å². The molecule has 8 nitrogen and oxygen atoms in total. The van der Waals surface area contributed by atoms with Crippen LogP contribution < -0.4 is 10.1 Å². The number of para-hydroxylation sites is 1. The molecule has 2 heterocycles. The molecule has 5 rings (SSSR count). The number of anilines is 1. The molecule has 1 saturated carbocycles. The summed E-state index contributed by atoms with van der Waals surface area (Å²) in [7, 11) is 1.62. The number of methoxy groups -OCH3 is 1. The zero-order valence-corrected chi connectivity index (χ0v) is 20.8. The van der Waals surface area contributed by atoms with E-state index in [2.05, 4.69) is 5.32 Å². The number of aromatic nitrogens is 2. The molecule has 0 spiro atoms. The second kappa shape index (κ2) is 11.2. The predicted molar refractivity (Wildman–Crippen MR) is 140 cm³/mol. The van der Waals surface area contributed by atoms with Crippen LogP contribution in [0.4, 0.5) is 5.95 Å². The lowest BCUT2D eigenvalue weighted by molar-refractivity contribution is -0.139. The highest BCUT2D eigenvalue weighted by molar-refractivity contribution is 5.94. The zero-order valence-electron chi connectivity index (χ0n) is 20.8. The number of carbonyl (C=O) groups excluding carboxylic acids is 2. The van der Waals surface area contributed by atoms with Gasteiger partial charge in [-0.1, -0.05) is 31.0 Å². The first-order valence-corrected chi connectivity index (χ1v) is 12.5. The number of hydrogen-bond donors (Lipinski definition) is 1. The van der Waals surface area contributed by atoms with Crippen LogP contribution in [0.25, 0.3) is 16.9 Å². The van der Waals surface area contributed by atoms with Crippen LogP contribution in [-0.4, -0.2) is 39.9 Å². The normalized spacial score (nSPS) is 13.4. The van der Waals surface area contributed by atoms with Crippen molar-refractivity contribution in [2.24, 2.45) is 5.92 Å². The number of ether oxygens (including phenoxy) is 1. The minimum atomic E-state index is -0.318. The third-order valence-corrected chi connectivity index (χ3v) is 6.65. The Bertz CT molecular complexity index is 1320. The molecule has 4 aromatic rings. The Morgan fingerprint density at radius 3 is 2.49 bits per heavy atom.